The number of nitrogens with zero attached hydrogens (tertiary/aromatic N) is 1. The van der Waals surface area contributed by atoms with Gasteiger partial charge in [0, 0.05) is 13.7 Å². The quantitative estimate of drug-likeness (QED) is 0.829. The zero-order valence-corrected chi connectivity index (χ0v) is 12.3. The summed E-state index contributed by atoms with van der Waals surface area (Å²) in [6.45, 7) is 6.16. The Kier molecular flexibility index (Phi) is 5.35. The fourth-order valence-corrected chi connectivity index (χ4v) is 2.57. The van der Waals surface area contributed by atoms with Crippen LogP contribution in [0.3, 0.4) is 0 Å². The van der Waals surface area contributed by atoms with Crippen LogP contribution in [0.1, 0.15) is 46.5 Å². The van der Waals surface area contributed by atoms with Crippen LogP contribution in [0.25, 0.3) is 0 Å². The summed E-state index contributed by atoms with van der Waals surface area (Å²) in [6, 6.07) is -0.716. The van der Waals surface area contributed by atoms with Crippen LogP contribution in [0.15, 0.2) is 0 Å². The molecule has 1 N–H and O–H groups in total. The van der Waals surface area contributed by atoms with Gasteiger partial charge in [-0.05, 0) is 32.1 Å². The van der Waals surface area contributed by atoms with Crippen LogP contribution in [0.5, 0.6) is 0 Å². The Morgan fingerprint density at radius 3 is 2.47 bits per heavy atom. The van der Waals surface area contributed by atoms with Crippen molar-refractivity contribution in [3.63, 3.8) is 0 Å². The predicted octanol–water partition coefficient (Wildman–Crippen LogP) is 1.90. The minimum Gasteiger partial charge on any atom is -0.480 e. The first-order valence-corrected chi connectivity index (χ1v) is 6.98. The van der Waals surface area contributed by atoms with Crippen molar-refractivity contribution in [1.82, 2.24) is 4.90 Å². The van der Waals surface area contributed by atoms with E-state index < -0.39 is 17.6 Å². The molecule has 0 aromatic heterocycles. The summed E-state index contributed by atoms with van der Waals surface area (Å²) < 4.78 is 5.30. The molecule has 0 spiro atoms. The number of piperidine rings is 1. The SMILES string of the molecule is CCC1CCN(C(=O)C(C)(CC)OC)C(C(=O)O)C1. The van der Waals surface area contributed by atoms with E-state index in [1.54, 1.807) is 6.92 Å². The summed E-state index contributed by atoms with van der Waals surface area (Å²) in [7, 11) is 1.50. The van der Waals surface area contributed by atoms with E-state index in [4.69, 9.17) is 4.74 Å². The minimum absolute atomic E-state index is 0.209. The lowest BCUT2D eigenvalue weighted by molar-refractivity contribution is -0.165. The van der Waals surface area contributed by atoms with Gasteiger partial charge in [-0.25, -0.2) is 4.79 Å². The molecule has 0 aromatic carbocycles. The molecule has 0 aliphatic carbocycles. The molecule has 1 amide bonds. The van der Waals surface area contributed by atoms with Gasteiger partial charge < -0.3 is 14.7 Å². The van der Waals surface area contributed by atoms with Crippen LogP contribution >= 0.6 is 0 Å². The lowest BCUT2D eigenvalue weighted by Gasteiger charge is -2.41. The van der Waals surface area contributed by atoms with Gasteiger partial charge in [0.05, 0.1) is 0 Å². The van der Waals surface area contributed by atoms with E-state index in [0.29, 0.717) is 25.3 Å². The molecule has 1 heterocycles. The Labute approximate surface area is 114 Å². The van der Waals surface area contributed by atoms with Gasteiger partial charge in [-0.3, -0.25) is 4.79 Å². The average Bonchev–Trinajstić information content (AvgIpc) is 2.44. The highest BCUT2D eigenvalue weighted by atomic mass is 16.5. The fraction of sp³-hybridized carbons (Fsp3) is 0.857. The number of likely N-dealkylation sites (tertiary alicyclic amines) is 1. The number of amides is 1. The number of rotatable bonds is 5. The minimum atomic E-state index is -0.924. The molecule has 1 saturated heterocycles. The van der Waals surface area contributed by atoms with Gasteiger partial charge in [-0.15, -0.1) is 0 Å². The smallest absolute Gasteiger partial charge is 0.326 e. The third kappa shape index (κ3) is 3.26. The summed E-state index contributed by atoms with van der Waals surface area (Å²) in [5.74, 6) is -0.735. The summed E-state index contributed by atoms with van der Waals surface area (Å²) in [6.07, 6.45) is 2.90. The van der Waals surface area contributed by atoms with Gasteiger partial charge in [0.25, 0.3) is 5.91 Å². The Morgan fingerprint density at radius 2 is 2.05 bits per heavy atom. The van der Waals surface area contributed by atoms with Crippen molar-refractivity contribution in [3.05, 3.63) is 0 Å². The maximum atomic E-state index is 12.5. The Morgan fingerprint density at radius 1 is 1.42 bits per heavy atom. The monoisotopic (exact) mass is 271 g/mol. The van der Waals surface area contributed by atoms with Crippen molar-refractivity contribution in [2.24, 2.45) is 5.92 Å². The van der Waals surface area contributed by atoms with Crippen LogP contribution in [0.2, 0.25) is 0 Å². The Bertz CT molecular complexity index is 338. The van der Waals surface area contributed by atoms with Gasteiger partial charge in [0.15, 0.2) is 0 Å². The number of methoxy groups -OCH3 is 1. The molecule has 0 bridgehead atoms. The van der Waals surface area contributed by atoms with Crippen molar-refractivity contribution >= 4 is 11.9 Å². The molecule has 1 aliphatic rings. The highest BCUT2D eigenvalue weighted by Gasteiger charge is 2.42. The molecule has 3 atom stereocenters. The second-order valence-corrected chi connectivity index (χ2v) is 5.44. The van der Waals surface area contributed by atoms with Crippen molar-refractivity contribution < 1.29 is 19.4 Å². The number of carboxylic acid groups (broad SMARTS) is 1. The first-order chi connectivity index (χ1) is 8.89. The molecule has 5 heteroatoms. The number of hydrogen-bond acceptors (Lipinski definition) is 3. The third-order valence-corrected chi connectivity index (χ3v) is 4.41. The highest BCUT2D eigenvalue weighted by Crippen LogP contribution is 2.29. The van der Waals surface area contributed by atoms with Crippen molar-refractivity contribution in [3.8, 4) is 0 Å². The van der Waals surface area contributed by atoms with Gasteiger partial charge in [-0.1, -0.05) is 20.3 Å². The summed E-state index contributed by atoms with van der Waals surface area (Å²) in [5.41, 5.74) is -0.924. The molecular weight excluding hydrogens is 246 g/mol. The third-order valence-electron chi connectivity index (χ3n) is 4.41. The molecule has 1 aliphatic heterocycles. The Hall–Kier alpha value is -1.10. The zero-order chi connectivity index (χ0) is 14.6. The predicted molar refractivity (Wildman–Crippen MR) is 71.9 cm³/mol. The molecule has 110 valence electrons. The van der Waals surface area contributed by atoms with Gasteiger partial charge in [0.1, 0.15) is 11.6 Å². The number of carboxylic acids is 1. The summed E-state index contributed by atoms with van der Waals surface area (Å²) in [5, 5.41) is 9.35. The van der Waals surface area contributed by atoms with E-state index in [2.05, 4.69) is 6.92 Å². The van der Waals surface area contributed by atoms with Crippen LogP contribution in [-0.4, -0.2) is 47.2 Å². The lowest BCUT2D eigenvalue weighted by Crippen LogP contribution is -2.57. The fourth-order valence-electron chi connectivity index (χ4n) is 2.57. The maximum absolute atomic E-state index is 12.5. The molecule has 3 unspecified atom stereocenters. The van der Waals surface area contributed by atoms with Crippen LogP contribution in [0.4, 0.5) is 0 Å². The van der Waals surface area contributed by atoms with E-state index >= 15 is 0 Å². The lowest BCUT2D eigenvalue weighted by atomic mass is 9.87. The number of carbonyl (C=O) groups is 2. The topological polar surface area (TPSA) is 66.8 Å². The molecule has 0 saturated carbocycles. The number of carbonyl (C=O) groups excluding carboxylic acids is 1. The average molecular weight is 271 g/mol. The second kappa shape index (κ2) is 6.37. The molecule has 19 heavy (non-hydrogen) atoms. The number of aliphatic carboxylic acids is 1. The Balaban J connectivity index is 2.91. The number of ether oxygens (including phenoxy) is 1. The molecule has 0 radical (unpaired) electrons. The van der Waals surface area contributed by atoms with Crippen LogP contribution in [-0.2, 0) is 14.3 Å². The molecular formula is C14H25NO4. The molecule has 1 fully saturated rings. The van der Waals surface area contributed by atoms with Crippen LogP contribution < -0.4 is 0 Å². The summed E-state index contributed by atoms with van der Waals surface area (Å²) in [4.78, 5) is 25.4. The first kappa shape index (κ1) is 16.0. The molecule has 1 rings (SSSR count). The van der Waals surface area contributed by atoms with Crippen LogP contribution in [0, 0.1) is 5.92 Å². The van der Waals surface area contributed by atoms with Gasteiger partial charge >= 0.3 is 5.97 Å². The highest BCUT2D eigenvalue weighted by molar-refractivity contribution is 5.89. The first-order valence-electron chi connectivity index (χ1n) is 6.98. The standard InChI is InChI=1S/C14H25NO4/c1-5-10-7-8-15(11(9-10)12(16)17)13(18)14(3,6-2)19-4/h10-11H,5-9H2,1-4H3,(H,16,17). The van der Waals surface area contributed by atoms with Crippen molar-refractivity contribution in [1.29, 1.82) is 0 Å². The largest absolute Gasteiger partial charge is 0.480 e. The normalized spacial score (nSPS) is 26.8. The maximum Gasteiger partial charge on any atom is 0.326 e. The van der Waals surface area contributed by atoms with Crippen molar-refractivity contribution in [2.45, 2.75) is 58.1 Å². The summed E-state index contributed by atoms with van der Waals surface area (Å²) >= 11 is 0. The van der Waals surface area contributed by atoms with E-state index in [-0.39, 0.29) is 5.91 Å². The van der Waals surface area contributed by atoms with E-state index in [9.17, 15) is 14.7 Å². The van der Waals surface area contributed by atoms with Crippen molar-refractivity contribution in [2.75, 3.05) is 13.7 Å². The van der Waals surface area contributed by atoms with E-state index in [0.717, 1.165) is 12.8 Å². The molecule has 0 aromatic rings. The second-order valence-electron chi connectivity index (χ2n) is 5.44. The van der Waals surface area contributed by atoms with Gasteiger partial charge in [0.2, 0.25) is 0 Å². The molecule has 5 nitrogen and oxygen atoms in total. The zero-order valence-electron chi connectivity index (χ0n) is 12.3. The number of hydrogen-bond donors (Lipinski definition) is 1. The van der Waals surface area contributed by atoms with E-state index in [1.807, 2.05) is 6.92 Å². The van der Waals surface area contributed by atoms with E-state index in [1.165, 1.54) is 12.0 Å². The van der Waals surface area contributed by atoms with Gasteiger partial charge in [-0.2, -0.15) is 0 Å².